The van der Waals surface area contributed by atoms with Crippen LogP contribution in [0.15, 0.2) is 24.4 Å². The number of hydrogen-bond donors (Lipinski definition) is 1. The van der Waals surface area contributed by atoms with Crippen LogP contribution in [0.5, 0.6) is 5.75 Å². The lowest BCUT2D eigenvalue weighted by Crippen LogP contribution is -1.86. The number of rotatable bonds is 2. The number of hydrogen-bond acceptors (Lipinski definition) is 4. The molecular formula is C15H12ClNO2S. The van der Waals surface area contributed by atoms with E-state index in [1.54, 1.807) is 24.4 Å². The quantitative estimate of drug-likeness (QED) is 0.680. The maximum absolute atomic E-state index is 10.8. The van der Waals surface area contributed by atoms with Crippen LogP contribution in [0, 0.1) is 11.8 Å². The molecule has 0 spiro atoms. The summed E-state index contributed by atoms with van der Waals surface area (Å²) in [6, 6.07) is 5.19. The maximum atomic E-state index is 10.8. The molecule has 0 bridgehead atoms. The summed E-state index contributed by atoms with van der Waals surface area (Å²) in [5.41, 5.74) is 0.899. The molecule has 0 atom stereocenters. The van der Waals surface area contributed by atoms with Gasteiger partial charge in [-0.1, -0.05) is 35.2 Å². The van der Waals surface area contributed by atoms with Crippen LogP contribution in [0.25, 0.3) is 10.9 Å². The summed E-state index contributed by atoms with van der Waals surface area (Å²) in [7, 11) is 0. The Kier molecular flexibility index (Phi) is 4.89. The molecule has 0 amide bonds. The number of aromatic nitrogens is 1. The Hall–Kier alpha value is -1.70. The third-order valence-electron chi connectivity index (χ3n) is 2.57. The lowest BCUT2D eigenvalue weighted by molar-refractivity contribution is -0.109. The minimum atomic E-state index is 0.0386. The monoisotopic (exact) mass is 305 g/mol. The van der Waals surface area contributed by atoms with Crippen molar-refractivity contribution < 1.29 is 9.90 Å². The van der Waals surface area contributed by atoms with Gasteiger partial charge in [-0.05, 0) is 18.2 Å². The number of carbonyl (C=O) groups excluding carboxylic acids is 1. The Bertz CT molecular complexity index is 719. The highest BCUT2D eigenvalue weighted by atomic mass is 35.5. The van der Waals surface area contributed by atoms with Gasteiger partial charge >= 0.3 is 0 Å². The Balaban J connectivity index is 2.25. The van der Waals surface area contributed by atoms with Gasteiger partial charge in [-0.3, -0.25) is 9.78 Å². The number of fused-ring (bicyclic) bond motifs is 1. The number of benzene rings is 1. The van der Waals surface area contributed by atoms with Gasteiger partial charge in [-0.2, -0.15) is 0 Å². The van der Waals surface area contributed by atoms with E-state index in [9.17, 15) is 9.90 Å². The fourth-order valence-corrected chi connectivity index (χ4v) is 2.44. The van der Waals surface area contributed by atoms with Crippen molar-refractivity contribution >= 4 is 39.4 Å². The van der Waals surface area contributed by atoms with Crippen LogP contribution >= 0.6 is 23.4 Å². The van der Waals surface area contributed by atoms with Gasteiger partial charge in [0.15, 0.2) is 10.9 Å². The molecule has 0 saturated heterocycles. The Morgan fingerprint density at radius 1 is 1.55 bits per heavy atom. The smallest absolute Gasteiger partial charge is 0.185 e. The van der Waals surface area contributed by atoms with Crippen molar-refractivity contribution in [3.05, 3.63) is 35.0 Å². The predicted octanol–water partition coefficient (Wildman–Crippen LogP) is 3.62. The van der Waals surface area contributed by atoms with Crippen LogP contribution in [0.2, 0.25) is 5.02 Å². The zero-order valence-corrected chi connectivity index (χ0v) is 12.4. The molecule has 1 aromatic heterocycles. The lowest BCUT2D eigenvalue weighted by Gasteiger charge is -2.04. The first-order valence-corrected chi connectivity index (χ1v) is 7.34. The third-order valence-corrected chi connectivity index (χ3v) is 3.70. The third kappa shape index (κ3) is 3.44. The fourth-order valence-electron chi connectivity index (χ4n) is 1.69. The number of aromatic hydroxyl groups is 1. The molecule has 0 radical (unpaired) electrons. The van der Waals surface area contributed by atoms with Gasteiger partial charge in [0, 0.05) is 30.7 Å². The highest BCUT2D eigenvalue weighted by Gasteiger charge is 2.09. The summed E-state index contributed by atoms with van der Waals surface area (Å²) in [6.45, 7) is 1.53. The minimum Gasteiger partial charge on any atom is -0.504 e. The number of pyridine rings is 1. The fraction of sp³-hybridized carbons (Fsp3) is 0.200. The van der Waals surface area contributed by atoms with E-state index in [0.717, 1.165) is 0 Å². The SMILES string of the molecule is CC(=O)SCCC#Cc1cc(Cl)c2cccnc2c1O. The highest BCUT2D eigenvalue weighted by molar-refractivity contribution is 8.13. The van der Waals surface area contributed by atoms with Crippen molar-refractivity contribution in [1.29, 1.82) is 0 Å². The molecule has 1 aromatic carbocycles. The van der Waals surface area contributed by atoms with Crippen molar-refractivity contribution in [3.8, 4) is 17.6 Å². The molecule has 2 rings (SSSR count). The molecule has 0 aliphatic rings. The summed E-state index contributed by atoms with van der Waals surface area (Å²) < 4.78 is 0. The largest absolute Gasteiger partial charge is 0.504 e. The summed E-state index contributed by atoms with van der Waals surface area (Å²) in [4.78, 5) is 14.9. The molecule has 0 saturated carbocycles. The second-order valence-corrected chi connectivity index (χ2v) is 5.72. The number of phenols is 1. The van der Waals surface area contributed by atoms with Crippen LogP contribution in [-0.2, 0) is 4.79 Å². The normalized spacial score (nSPS) is 10.1. The molecule has 0 fully saturated rings. The van der Waals surface area contributed by atoms with Crippen molar-refractivity contribution in [2.24, 2.45) is 0 Å². The topological polar surface area (TPSA) is 50.2 Å². The van der Waals surface area contributed by atoms with E-state index in [1.807, 2.05) is 0 Å². The second kappa shape index (κ2) is 6.65. The van der Waals surface area contributed by atoms with Gasteiger partial charge in [0.05, 0.1) is 10.6 Å². The summed E-state index contributed by atoms with van der Waals surface area (Å²) in [6.07, 6.45) is 2.17. The molecule has 2 aromatic rings. The Morgan fingerprint density at radius 3 is 3.10 bits per heavy atom. The molecule has 0 unspecified atom stereocenters. The zero-order chi connectivity index (χ0) is 14.5. The Morgan fingerprint density at radius 2 is 2.35 bits per heavy atom. The highest BCUT2D eigenvalue weighted by Crippen LogP contribution is 2.32. The van der Waals surface area contributed by atoms with Gasteiger partial charge in [-0.25, -0.2) is 0 Å². The van der Waals surface area contributed by atoms with Gasteiger partial charge in [0.2, 0.25) is 0 Å². The predicted molar refractivity (Wildman–Crippen MR) is 83.1 cm³/mol. The van der Waals surface area contributed by atoms with Crippen molar-refractivity contribution in [1.82, 2.24) is 4.98 Å². The average Bonchev–Trinajstić information content (AvgIpc) is 2.43. The first kappa shape index (κ1) is 14.7. The van der Waals surface area contributed by atoms with Crippen molar-refractivity contribution in [3.63, 3.8) is 0 Å². The van der Waals surface area contributed by atoms with E-state index in [-0.39, 0.29) is 10.9 Å². The van der Waals surface area contributed by atoms with Crippen molar-refractivity contribution in [2.75, 3.05) is 5.75 Å². The molecular weight excluding hydrogens is 294 g/mol. The van der Waals surface area contributed by atoms with Crippen LogP contribution in [0.4, 0.5) is 0 Å². The van der Waals surface area contributed by atoms with Crippen LogP contribution < -0.4 is 0 Å². The molecule has 3 nitrogen and oxygen atoms in total. The minimum absolute atomic E-state index is 0.0386. The van der Waals surface area contributed by atoms with E-state index in [4.69, 9.17) is 11.6 Å². The summed E-state index contributed by atoms with van der Waals surface area (Å²) in [5.74, 6) is 6.47. The van der Waals surface area contributed by atoms with E-state index in [0.29, 0.717) is 33.7 Å². The van der Waals surface area contributed by atoms with Gasteiger partial charge in [0.1, 0.15) is 5.52 Å². The molecule has 1 N–H and O–H groups in total. The number of thioether (sulfide) groups is 1. The first-order valence-electron chi connectivity index (χ1n) is 5.98. The number of carbonyl (C=O) groups is 1. The van der Waals surface area contributed by atoms with E-state index < -0.39 is 0 Å². The molecule has 102 valence electrons. The second-order valence-electron chi connectivity index (χ2n) is 4.05. The van der Waals surface area contributed by atoms with E-state index in [2.05, 4.69) is 16.8 Å². The lowest BCUT2D eigenvalue weighted by atomic mass is 10.1. The Labute approximate surface area is 126 Å². The van der Waals surface area contributed by atoms with Gasteiger partial charge in [-0.15, -0.1) is 0 Å². The summed E-state index contributed by atoms with van der Waals surface area (Å²) >= 11 is 7.38. The number of nitrogens with zero attached hydrogens (tertiary/aromatic N) is 1. The van der Waals surface area contributed by atoms with E-state index in [1.165, 1.54) is 18.7 Å². The van der Waals surface area contributed by atoms with Crippen LogP contribution in [-0.4, -0.2) is 21.0 Å². The van der Waals surface area contributed by atoms with Crippen molar-refractivity contribution in [2.45, 2.75) is 13.3 Å². The zero-order valence-electron chi connectivity index (χ0n) is 10.8. The van der Waals surface area contributed by atoms with E-state index >= 15 is 0 Å². The number of phenolic OH excluding ortho intramolecular Hbond substituents is 1. The molecule has 5 heteroatoms. The van der Waals surface area contributed by atoms with Crippen LogP contribution in [0.3, 0.4) is 0 Å². The number of halogens is 1. The van der Waals surface area contributed by atoms with Gasteiger partial charge in [0.25, 0.3) is 0 Å². The van der Waals surface area contributed by atoms with Gasteiger partial charge < -0.3 is 5.11 Å². The molecule has 20 heavy (non-hydrogen) atoms. The standard InChI is InChI=1S/C15H12ClNO2S/c1-10(18)20-8-3-2-5-11-9-13(16)12-6-4-7-17-14(12)15(11)19/h4,6-7,9,19H,3,8H2,1H3. The van der Waals surface area contributed by atoms with Crippen LogP contribution in [0.1, 0.15) is 18.9 Å². The average molecular weight is 306 g/mol. The molecule has 0 aliphatic carbocycles. The molecule has 1 heterocycles. The first-order chi connectivity index (χ1) is 9.59. The molecule has 0 aliphatic heterocycles. The summed E-state index contributed by atoms with van der Waals surface area (Å²) in [5, 5.41) is 11.4. The maximum Gasteiger partial charge on any atom is 0.185 e.